The maximum absolute atomic E-state index is 12.3. The summed E-state index contributed by atoms with van der Waals surface area (Å²) in [6, 6.07) is 0. The molecule has 0 N–H and O–H groups in total. The summed E-state index contributed by atoms with van der Waals surface area (Å²) >= 11 is 0. The van der Waals surface area contributed by atoms with Gasteiger partial charge in [-0.3, -0.25) is 0 Å². The van der Waals surface area contributed by atoms with Crippen molar-refractivity contribution in [2.45, 2.75) is 26.9 Å². The highest BCUT2D eigenvalue weighted by molar-refractivity contribution is 5.52. The van der Waals surface area contributed by atoms with Gasteiger partial charge >= 0.3 is 6.18 Å². The van der Waals surface area contributed by atoms with Crippen LogP contribution in [0, 0.1) is 13.8 Å². The fourth-order valence-electron chi connectivity index (χ4n) is 1.17. The Labute approximate surface area is 86.4 Å². The first kappa shape index (κ1) is 11.8. The molecule has 1 heterocycles. The van der Waals surface area contributed by atoms with E-state index in [4.69, 9.17) is 0 Å². The Morgan fingerprint density at radius 2 is 1.87 bits per heavy atom. The lowest BCUT2D eigenvalue weighted by Gasteiger charge is -2.05. The van der Waals surface area contributed by atoms with E-state index in [-0.39, 0.29) is 0 Å². The summed E-state index contributed by atoms with van der Waals surface area (Å²) in [7, 11) is 1.78. The molecule has 0 aliphatic rings. The number of aryl methyl sites for hydroxylation is 1. The molecule has 0 bridgehead atoms. The van der Waals surface area contributed by atoms with E-state index in [2.05, 4.69) is 4.98 Å². The van der Waals surface area contributed by atoms with E-state index in [0.29, 0.717) is 11.5 Å². The van der Waals surface area contributed by atoms with Crippen molar-refractivity contribution < 1.29 is 13.2 Å². The first-order valence-corrected chi connectivity index (χ1v) is 4.49. The maximum Gasteiger partial charge on any atom is 0.412 e. The molecule has 0 spiro atoms. The van der Waals surface area contributed by atoms with E-state index < -0.39 is 11.7 Å². The molecule has 2 nitrogen and oxygen atoms in total. The number of allylic oxidation sites excluding steroid dienone is 1. The normalized spacial score (nSPS) is 13.4. The SMILES string of the molecule is C/C(=C\c1nc(C)n(C)c1C)C(F)(F)F. The Balaban J connectivity index is 3.15. The molecule has 84 valence electrons. The third-order valence-corrected chi connectivity index (χ3v) is 2.44. The highest BCUT2D eigenvalue weighted by atomic mass is 19.4. The van der Waals surface area contributed by atoms with Crippen molar-refractivity contribution in [2.75, 3.05) is 0 Å². The highest BCUT2D eigenvalue weighted by Gasteiger charge is 2.30. The van der Waals surface area contributed by atoms with Crippen molar-refractivity contribution >= 4 is 6.08 Å². The molecule has 0 saturated heterocycles. The fraction of sp³-hybridized carbons (Fsp3) is 0.500. The second-order valence-corrected chi connectivity index (χ2v) is 3.51. The lowest BCUT2D eigenvalue weighted by atomic mass is 10.2. The van der Waals surface area contributed by atoms with Crippen LogP contribution in [-0.4, -0.2) is 15.7 Å². The fourth-order valence-corrected chi connectivity index (χ4v) is 1.17. The predicted molar refractivity (Wildman–Crippen MR) is 52.4 cm³/mol. The zero-order chi connectivity index (χ0) is 11.8. The second-order valence-electron chi connectivity index (χ2n) is 3.51. The highest BCUT2D eigenvalue weighted by Crippen LogP contribution is 2.27. The molecule has 0 radical (unpaired) electrons. The van der Waals surface area contributed by atoms with Crippen LogP contribution in [0.25, 0.3) is 6.08 Å². The Bertz CT molecular complexity index is 400. The summed E-state index contributed by atoms with van der Waals surface area (Å²) in [5.74, 6) is 0.703. The molecule has 1 rings (SSSR count). The van der Waals surface area contributed by atoms with Crippen molar-refractivity contribution in [3.8, 4) is 0 Å². The summed E-state index contributed by atoms with van der Waals surface area (Å²) in [6.07, 6.45) is -3.21. The third-order valence-electron chi connectivity index (χ3n) is 2.44. The van der Waals surface area contributed by atoms with Gasteiger partial charge in [0.15, 0.2) is 0 Å². The third kappa shape index (κ3) is 2.40. The molecule has 0 fully saturated rings. The van der Waals surface area contributed by atoms with Crippen molar-refractivity contribution in [3.63, 3.8) is 0 Å². The topological polar surface area (TPSA) is 17.8 Å². The molecule has 0 aromatic carbocycles. The van der Waals surface area contributed by atoms with Crippen LogP contribution in [0.2, 0.25) is 0 Å². The van der Waals surface area contributed by atoms with Crippen LogP contribution in [0.5, 0.6) is 0 Å². The molecule has 1 aromatic rings. The quantitative estimate of drug-likeness (QED) is 0.708. The first-order chi connectivity index (χ1) is 6.73. The van der Waals surface area contributed by atoms with E-state index in [0.717, 1.165) is 18.7 Å². The molecular weight excluding hydrogens is 205 g/mol. The zero-order valence-corrected chi connectivity index (χ0v) is 9.11. The van der Waals surface area contributed by atoms with Crippen LogP contribution in [0.15, 0.2) is 5.57 Å². The van der Waals surface area contributed by atoms with Gasteiger partial charge in [0.05, 0.1) is 5.69 Å². The molecular formula is C10H13F3N2. The minimum Gasteiger partial charge on any atom is -0.335 e. The molecule has 0 amide bonds. The number of halogens is 3. The average Bonchev–Trinajstić information content (AvgIpc) is 2.32. The number of hydrogen-bond acceptors (Lipinski definition) is 1. The monoisotopic (exact) mass is 218 g/mol. The molecule has 0 unspecified atom stereocenters. The standard InChI is InChI=1S/C10H13F3N2/c1-6(10(11,12)13)5-9-7(2)15(4)8(3)14-9/h5H,1-4H3/b6-5+. The molecule has 0 aliphatic heterocycles. The summed E-state index contributed by atoms with van der Waals surface area (Å²) in [5.41, 5.74) is 0.477. The van der Waals surface area contributed by atoms with Crippen LogP contribution in [-0.2, 0) is 7.05 Å². The molecule has 0 saturated carbocycles. The van der Waals surface area contributed by atoms with Gasteiger partial charge in [0.2, 0.25) is 0 Å². The van der Waals surface area contributed by atoms with Gasteiger partial charge in [-0.25, -0.2) is 4.98 Å². The molecule has 0 aliphatic carbocycles. The van der Waals surface area contributed by atoms with E-state index >= 15 is 0 Å². The number of alkyl halides is 3. The van der Waals surface area contributed by atoms with Crippen LogP contribution in [0.1, 0.15) is 24.1 Å². The zero-order valence-electron chi connectivity index (χ0n) is 9.11. The Morgan fingerprint density at radius 3 is 2.20 bits per heavy atom. The predicted octanol–water partition coefficient (Wildman–Crippen LogP) is 3.00. The number of imidazole rings is 1. The largest absolute Gasteiger partial charge is 0.412 e. The number of rotatable bonds is 1. The van der Waals surface area contributed by atoms with Gasteiger partial charge in [0.1, 0.15) is 5.82 Å². The Kier molecular flexibility index (Phi) is 2.93. The minimum absolute atomic E-state index is 0.379. The summed E-state index contributed by atoms with van der Waals surface area (Å²) in [6.45, 7) is 4.55. The van der Waals surface area contributed by atoms with Gasteiger partial charge in [-0.2, -0.15) is 13.2 Å². The van der Waals surface area contributed by atoms with Gasteiger partial charge < -0.3 is 4.57 Å². The van der Waals surface area contributed by atoms with Crippen LogP contribution < -0.4 is 0 Å². The summed E-state index contributed by atoms with van der Waals surface area (Å²) in [5, 5.41) is 0. The van der Waals surface area contributed by atoms with E-state index in [1.165, 1.54) is 0 Å². The van der Waals surface area contributed by atoms with Crippen LogP contribution in [0.4, 0.5) is 13.2 Å². The maximum atomic E-state index is 12.3. The van der Waals surface area contributed by atoms with E-state index in [1.807, 2.05) is 0 Å². The van der Waals surface area contributed by atoms with E-state index in [1.54, 1.807) is 25.5 Å². The van der Waals surface area contributed by atoms with Crippen LogP contribution >= 0.6 is 0 Å². The van der Waals surface area contributed by atoms with Gasteiger partial charge in [0.25, 0.3) is 0 Å². The second kappa shape index (κ2) is 3.72. The van der Waals surface area contributed by atoms with Crippen molar-refractivity contribution in [1.82, 2.24) is 9.55 Å². The van der Waals surface area contributed by atoms with Crippen molar-refractivity contribution in [3.05, 3.63) is 22.8 Å². The number of nitrogens with zero attached hydrogens (tertiary/aromatic N) is 2. The lowest BCUT2D eigenvalue weighted by molar-refractivity contribution is -0.0903. The molecule has 0 atom stereocenters. The smallest absolute Gasteiger partial charge is 0.335 e. The number of aromatic nitrogens is 2. The van der Waals surface area contributed by atoms with Gasteiger partial charge in [-0.15, -0.1) is 0 Å². The molecule has 1 aromatic heterocycles. The lowest BCUT2D eigenvalue weighted by Crippen LogP contribution is -2.08. The van der Waals surface area contributed by atoms with E-state index in [9.17, 15) is 13.2 Å². The Hall–Kier alpha value is -1.26. The van der Waals surface area contributed by atoms with Crippen LogP contribution in [0.3, 0.4) is 0 Å². The summed E-state index contributed by atoms with van der Waals surface area (Å²) in [4.78, 5) is 4.05. The minimum atomic E-state index is -4.28. The van der Waals surface area contributed by atoms with Gasteiger partial charge in [-0.05, 0) is 26.8 Å². The first-order valence-electron chi connectivity index (χ1n) is 4.49. The average molecular weight is 218 g/mol. The van der Waals surface area contributed by atoms with Gasteiger partial charge in [-0.1, -0.05) is 0 Å². The van der Waals surface area contributed by atoms with Gasteiger partial charge in [0, 0.05) is 18.3 Å². The van der Waals surface area contributed by atoms with Crippen molar-refractivity contribution in [2.24, 2.45) is 7.05 Å². The number of hydrogen-bond donors (Lipinski definition) is 0. The summed E-state index contributed by atoms with van der Waals surface area (Å²) < 4.78 is 38.6. The van der Waals surface area contributed by atoms with Crippen molar-refractivity contribution in [1.29, 1.82) is 0 Å². The molecule has 15 heavy (non-hydrogen) atoms. The molecule has 5 heteroatoms. The Morgan fingerprint density at radius 1 is 1.33 bits per heavy atom.